The molecule has 0 amide bonds. The van der Waals surface area contributed by atoms with Crippen molar-refractivity contribution in [2.24, 2.45) is 5.41 Å². The molecule has 0 aliphatic carbocycles. The summed E-state index contributed by atoms with van der Waals surface area (Å²) in [5.74, 6) is 1.64. The summed E-state index contributed by atoms with van der Waals surface area (Å²) in [6.07, 6.45) is 2.26. The number of fused-ring (bicyclic) bond motifs is 1. The molecule has 4 nitrogen and oxygen atoms in total. The van der Waals surface area contributed by atoms with E-state index in [1.54, 1.807) is 0 Å². The standard InChI is InChI=1S/C17H22N2O2/c1-17(2)6-3-7-19(16(17)11-18)12-13-4-5-14-15(10-13)21-9-8-20-14/h4-5,10,16H,3,6-9,12H2,1-2H3/t16-/m0/s1. The molecule has 2 aliphatic heterocycles. The lowest BCUT2D eigenvalue weighted by Gasteiger charge is -2.42. The Morgan fingerprint density at radius 3 is 2.81 bits per heavy atom. The van der Waals surface area contributed by atoms with Gasteiger partial charge in [-0.25, -0.2) is 0 Å². The van der Waals surface area contributed by atoms with Crippen molar-refractivity contribution in [3.05, 3.63) is 23.8 Å². The molecule has 0 aromatic heterocycles. The van der Waals surface area contributed by atoms with Gasteiger partial charge in [0, 0.05) is 6.54 Å². The quantitative estimate of drug-likeness (QED) is 0.838. The summed E-state index contributed by atoms with van der Waals surface area (Å²) in [5.41, 5.74) is 1.23. The van der Waals surface area contributed by atoms with E-state index in [1.165, 1.54) is 5.56 Å². The molecule has 0 N–H and O–H groups in total. The Labute approximate surface area is 126 Å². The largest absolute Gasteiger partial charge is 0.486 e. The van der Waals surface area contributed by atoms with E-state index in [-0.39, 0.29) is 11.5 Å². The zero-order chi connectivity index (χ0) is 14.9. The van der Waals surface area contributed by atoms with E-state index in [0.717, 1.165) is 37.4 Å². The van der Waals surface area contributed by atoms with Crippen molar-refractivity contribution < 1.29 is 9.47 Å². The predicted octanol–water partition coefficient (Wildman–Crippen LogP) is 2.97. The van der Waals surface area contributed by atoms with Gasteiger partial charge >= 0.3 is 0 Å². The van der Waals surface area contributed by atoms with Gasteiger partial charge in [0.15, 0.2) is 11.5 Å². The lowest BCUT2D eigenvalue weighted by atomic mass is 9.77. The zero-order valence-electron chi connectivity index (χ0n) is 12.8. The summed E-state index contributed by atoms with van der Waals surface area (Å²) < 4.78 is 11.2. The zero-order valence-corrected chi connectivity index (χ0v) is 12.8. The first-order chi connectivity index (χ1) is 10.1. The van der Waals surface area contributed by atoms with Gasteiger partial charge in [0.25, 0.3) is 0 Å². The van der Waals surface area contributed by atoms with Crippen LogP contribution in [-0.4, -0.2) is 30.7 Å². The van der Waals surface area contributed by atoms with Gasteiger partial charge in [0.05, 0.1) is 6.07 Å². The number of nitrogens with zero attached hydrogens (tertiary/aromatic N) is 2. The van der Waals surface area contributed by atoms with E-state index in [1.807, 2.05) is 12.1 Å². The van der Waals surface area contributed by atoms with Crippen LogP contribution in [0.15, 0.2) is 18.2 Å². The van der Waals surface area contributed by atoms with Crippen LogP contribution in [0, 0.1) is 16.7 Å². The normalized spacial score (nSPS) is 24.3. The van der Waals surface area contributed by atoms with Gasteiger partial charge in [-0.3, -0.25) is 4.90 Å². The van der Waals surface area contributed by atoms with E-state index < -0.39 is 0 Å². The Hall–Kier alpha value is -1.73. The maximum absolute atomic E-state index is 9.53. The first-order valence-electron chi connectivity index (χ1n) is 7.62. The van der Waals surface area contributed by atoms with Gasteiger partial charge in [-0.05, 0) is 42.5 Å². The summed E-state index contributed by atoms with van der Waals surface area (Å²) in [6.45, 7) is 7.37. The van der Waals surface area contributed by atoms with Gasteiger partial charge in [0.1, 0.15) is 19.3 Å². The number of likely N-dealkylation sites (tertiary alicyclic amines) is 1. The monoisotopic (exact) mass is 286 g/mol. The second kappa shape index (κ2) is 5.57. The lowest BCUT2D eigenvalue weighted by molar-refractivity contribution is 0.0660. The number of piperidine rings is 1. The molecule has 2 heterocycles. The third kappa shape index (κ3) is 2.84. The van der Waals surface area contributed by atoms with Crippen LogP contribution >= 0.6 is 0 Å². The molecule has 21 heavy (non-hydrogen) atoms. The van der Waals surface area contributed by atoms with E-state index in [4.69, 9.17) is 9.47 Å². The summed E-state index contributed by atoms with van der Waals surface area (Å²) >= 11 is 0. The number of hydrogen-bond acceptors (Lipinski definition) is 4. The van der Waals surface area contributed by atoms with Gasteiger partial charge < -0.3 is 9.47 Å². The highest BCUT2D eigenvalue weighted by atomic mass is 16.6. The topological polar surface area (TPSA) is 45.5 Å². The van der Waals surface area contributed by atoms with E-state index in [9.17, 15) is 5.26 Å². The minimum Gasteiger partial charge on any atom is -0.486 e. The van der Waals surface area contributed by atoms with Crippen molar-refractivity contribution in [1.82, 2.24) is 4.90 Å². The first-order valence-corrected chi connectivity index (χ1v) is 7.62. The highest BCUT2D eigenvalue weighted by Gasteiger charge is 2.37. The number of nitriles is 1. The maximum atomic E-state index is 9.53. The maximum Gasteiger partial charge on any atom is 0.161 e. The van der Waals surface area contributed by atoms with Crippen LogP contribution in [0.2, 0.25) is 0 Å². The molecule has 0 saturated carbocycles. The molecule has 3 rings (SSSR count). The van der Waals surface area contributed by atoms with Crippen LogP contribution in [0.3, 0.4) is 0 Å². The average Bonchev–Trinajstić information content (AvgIpc) is 2.46. The lowest BCUT2D eigenvalue weighted by Crippen LogP contribution is -2.48. The van der Waals surface area contributed by atoms with Crippen LogP contribution in [-0.2, 0) is 6.54 Å². The smallest absolute Gasteiger partial charge is 0.161 e. The molecular formula is C17H22N2O2. The number of benzene rings is 1. The second-order valence-electron chi connectivity index (χ2n) is 6.57. The fourth-order valence-electron chi connectivity index (χ4n) is 3.35. The first kappa shape index (κ1) is 14.2. The minimum absolute atomic E-state index is 0.0283. The molecule has 1 saturated heterocycles. The summed E-state index contributed by atoms with van der Waals surface area (Å²) in [5, 5.41) is 9.53. The van der Waals surface area contributed by atoms with Crippen LogP contribution in [0.4, 0.5) is 0 Å². The van der Waals surface area contributed by atoms with Gasteiger partial charge in [-0.1, -0.05) is 19.9 Å². The molecule has 0 unspecified atom stereocenters. The molecule has 0 radical (unpaired) electrons. The fraction of sp³-hybridized carbons (Fsp3) is 0.588. The van der Waals surface area contributed by atoms with E-state index >= 15 is 0 Å². The molecular weight excluding hydrogens is 264 g/mol. The van der Waals surface area contributed by atoms with Gasteiger partial charge in [-0.2, -0.15) is 5.26 Å². The van der Waals surface area contributed by atoms with Crippen molar-refractivity contribution in [3.8, 4) is 17.6 Å². The van der Waals surface area contributed by atoms with Crippen molar-refractivity contribution in [2.45, 2.75) is 39.3 Å². The third-order valence-corrected chi connectivity index (χ3v) is 4.49. The van der Waals surface area contributed by atoms with Crippen molar-refractivity contribution >= 4 is 0 Å². The molecule has 112 valence electrons. The number of ether oxygens (including phenoxy) is 2. The molecule has 1 aromatic carbocycles. The van der Waals surface area contributed by atoms with E-state index in [0.29, 0.717) is 13.2 Å². The van der Waals surface area contributed by atoms with Crippen molar-refractivity contribution in [1.29, 1.82) is 5.26 Å². The molecule has 2 aliphatic rings. The average molecular weight is 286 g/mol. The Bertz CT molecular complexity index is 562. The van der Waals surface area contributed by atoms with Crippen molar-refractivity contribution in [3.63, 3.8) is 0 Å². The van der Waals surface area contributed by atoms with Gasteiger partial charge in [-0.15, -0.1) is 0 Å². The molecule has 4 heteroatoms. The highest BCUT2D eigenvalue weighted by molar-refractivity contribution is 5.43. The Kier molecular flexibility index (Phi) is 3.77. The Morgan fingerprint density at radius 1 is 1.29 bits per heavy atom. The van der Waals surface area contributed by atoms with E-state index in [2.05, 4.69) is 30.9 Å². The van der Waals surface area contributed by atoms with Crippen LogP contribution in [0.1, 0.15) is 32.3 Å². The van der Waals surface area contributed by atoms with Crippen molar-refractivity contribution in [2.75, 3.05) is 19.8 Å². The molecule has 0 bridgehead atoms. The molecule has 0 spiro atoms. The minimum atomic E-state index is -0.0283. The molecule has 1 atom stereocenters. The molecule has 1 aromatic rings. The second-order valence-corrected chi connectivity index (χ2v) is 6.57. The predicted molar refractivity (Wildman–Crippen MR) is 80.3 cm³/mol. The fourth-order valence-corrected chi connectivity index (χ4v) is 3.35. The molecule has 1 fully saturated rings. The Morgan fingerprint density at radius 2 is 2.05 bits per heavy atom. The van der Waals surface area contributed by atoms with Crippen LogP contribution < -0.4 is 9.47 Å². The number of rotatable bonds is 2. The van der Waals surface area contributed by atoms with Crippen LogP contribution in [0.5, 0.6) is 11.5 Å². The van der Waals surface area contributed by atoms with Crippen LogP contribution in [0.25, 0.3) is 0 Å². The summed E-state index contributed by atoms with van der Waals surface area (Å²) in [6, 6.07) is 8.56. The number of hydrogen-bond donors (Lipinski definition) is 0. The Balaban J connectivity index is 1.78. The highest BCUT2D eigenvalue weighted by Crippen LogP contribution is 2.36. The summed E-state index contributed by atoms with van der Waals surface area (Å²) in [4.78, 5) is 2.29. The summed E-state index contributed by atoms with van der Waals surface area (Å²) in [7, 11) is 0. The third-order valence-electron chi connectivity index (χ3n) is 4.49. The van der Waals surface area contributed by atoms with Gasteiger partial charge in [0.2, 0.25) is 0 Å². The SMILES string of the molecule is CC1(C)CCCN(Cc2ccc3c(c2)OCCO3)[C@H]1C#N.